The Labute approximate surface area is 117 Å². The summed E-state index contributed by atoms with van der Waals surface area (Å²) in [7, 11) is 0. The van der Waals surface area contributed by atoms with Crippen molar-refractivity contribution in [2.45, 2.75) is 0 Å². The lowest BCUT2D eigenvalue weighted by atomic mass is 10.1. The highest BCUT2D eigenvalue weighted by Gasteiger charge is 2.15. The number of amides is 1. The van der Waals surface area contributed by atoms with Crippen molar-refractivity contribution in [3.63, 3.8) is 0 Å². The molecule has 2 aromatic carbocycles. The van der Waals surface area contributed by atoms with E-state index >= 15 is 0 Å². The number of aromatic hydroxyl groups is 1. The maximum atomic E-state index is 13.5. The van der Waals surface area contributed by atoms with Crippen molar-refractivity contribution in [2.24, 2.45) is 0 Å². The van der Waals surface area contributed by atoms with Crippen LogP contribution < -0.4 is 5.32 Å². The van der Waals surface area contributed by atoms with Gasteiger partial charge >= 0.3 is 5.97 Å². The molecule has 0 fully saturated rings. The predicted molar refractivity (Wildman–Crippen MR) is 69.4 cm³/mol. The maximum Gasteiger partial charge on any atom is 0.338 e. The van der Waals surface area contributed by atoms with E-state index in [0.717, 1.165) is 30.3 Å². The van der Waals surface area contributed by atoms with Crippen LogP contribution in [0.4, 0.5) is 14.5 Å². The van der Waals surface area contributed by atoms with Gasteiger partial charge in [0, 0.05) is 5.69 Å². The first-order valence-electron chi connectivity index (χ1n) is 5.71. The number of hydrogen-bond acceptors (Lipinski definition) is 3. The van der Waals surface area contributed by atoms with E-state index in [1.54, 1.807) is 0 Å². The van der Waals surface area contributed by atoms with Crippen molar-refractivity contribution in [3.05, 3.63) is 59.2 Å². The highest BCUT2D eigenvalue weighted by atomic mass is 19.1. The third-order valence-corrected chi connectivity index (χ3v) is 2.66. The summed E-state index contributed by atoms with van der Waals surface area (Å²) in [5, 5.41) is 20.4. The Hall–Kier alpha value is -2.96. The molecule has 0 saturated carbocycles. The lowest BCUT2D eigenvalue weighted by molar-refractivity contribution is 0.0691. The van der Waals surface area contributed by atoms with E-state index in [0.29, 0.717) is 0 Å². The van der Waals surface area contributed by atoms with Gasteiger partial charge in [-0.15, -0.1) is 0 Å². The first-order valence-corrected chi connectivity index (χ1v) is 5.71. The number of carboxylic acid groups (broad SMARTS) is 1. The summed E-state index contributed by atoms with van der Waals surface area (Å²) in [6.07, 6.45) is 0. The number of halogens is 2. The van der Waals surface area contributed by atoms with E-state index in [1.165, 1.54) is 6.07 Å². The molecule has 0 radical (unpaired) electrons. The van der Waals surface area contributed by atoms with Crippen LogP contribution in [0.25, 0.3) is 0 Å². The number of carbonyl (C=O) groups is 2. The summed E-state index contributed by atoms with van der Waals surface area (Å²) < 4.78 is 26.5. The van der Waals surface area contributed by atoms with Gasteiger partial charge in [0.25, 0.3) is 5.91 Å². The molecule has 0 unspecified atom stereocenters. The van der Waals surface area contributed by atoms with E-state index < -0.39 is 34.8 Å². The van der Waals surface area contributed by atoms with Gasteiger partial charge in [0.2, 0.25) is 0 Å². The van der Waals surface area contributed by atoms with Gasteiger partial charge in [-0.2, -0.15) is 0 Å². The van der Waals surface area contributed by atoms with Gasteiger partial charge in [-0.05, 0) is 36.4 Å². The largest absolute Gasteiger partial charge is 0.507 e. The zero-order chi connectivity index (χ0) is 15.6. The molecule has 7 heteroatoms. The standard InChI is InChI=1S/C14H9F2NO4/c15-7-1-4-12(18)10(5-7)13(19)17-8-2-3-9(14(20)21)11(16)6-8/h1-6,18H,(H,17,19)(H,20,21). The van der Waals surface area contributed by atoms with Crippen molar-refractivity contribution in [2.75, 3.05) is 5.32 Å². The number of benzene rings is 2. The molecule has 0 heterocycles. The van der Waals surface area contributed by atoms with E-state index in [-0.39, 0.29) is 11.3 Å². The van der Waals surface area contributed by atoms with E-state index in [1.807, 2.05) is 0 Å². The second-order valence-electron chi connectivity index (χ2n) is 4.12. The number of carbonyl (C=O) groups excluding carboxylic acids is 1. The third kappa shape index (κ3) is 3.14. The topological polar surface area (TPSA) is 86.6 Å². The molecule has 0 atom stereocenters. The van der Waals surface area contributed by atoms with Gasteiger partial charge in [-0.1, -0.05) is 0 Å². The minimum Gasteiger partial charge on any atom is -0.507 e. The highest BCUT2D eigenvalue weighted by Crippen LogP contribution is 2.20. The molecule has 0 aromatic heterocycles. The van der Waals surface area contributed by atoms with Gasteiger partial charge in [0.15, 0.2) is 0 Å². The van der Waals surface area contributed by atoms with E-state index in [2.05, 4.69) is 5.32 Å². The summed E-state index contributed by atoms with van der Waals surface area (Å²) in [6.45, 7) is 0. The average Bonchev–Trinajstić information content (AvgIpc) is 2.41. The van der Waals surface area contributed by atoms with Gasteiger partial charge in [0.05, 0.1) is 11.1 Å². The molecule has 0 aliphatic rings. The van der Waals surface area contributed by atoms with Crippen molar-refractivity contribution < 1.29 is 28.6 Å². The molecule has 2 rings (SSSR count). The number of hydrogen-bond donors (Lipinski definition) is 3. The minimum absolute atomic E-state index is 0.0221. The molecule has 2 aromatic rings. The summed E-state index contributed by atoms with van der Waals surface area (Å²) in [6, 6.07) is 5.80. The fourth-order valence-electron chi connectivity index (χ4n) is 1.65. The monoisotopic (exact) mass is 293 g/mol. The summed E-state index contributed by atoms with van der Waals surface area (Å²) in [5.41, 5.74) is -0.884. The van der Waals surface area contributed by atoms with Gasteiger partial charge in [-0.25, -0.2) is 13.6 Å². The molecule has 0 aliphatic carbocycles. The van der Waals surface area contributed by atoms with Crippen molar-refractivity contribution in [1.29, 1.82) is 0 Å². The van der Waals surface area contributed by atoms with Gasteiger partial charge in [0.1, 0.15) is 17.4 Å². The van der Waals surface area contributed by atoms with Crippen LogP contribution in [0.1, 0.15) is 20.7 Å². The fourth-order valence-corrected chi connectivity index (χ4v) is 1.65. The smallest absolute Gasteiger partial charge is 0.338 e. The van der Waals surface area contributed by atoms with Crippen molar-refractivity contribution >= 4 is 17.6 Å². The fraction of sp³-hybridized carbons (Fsp3) is 0. The Morgan fingerprint density at radius 2 is 1.71 bits per heavy atom. The normalized spacial score (nSPS) is 10.2. The lowest BCUT2D eigenvalue weighted by Gasteiger charge is -2.08. The van der Waals surface area contributed by atoms with Crippen LogP contribution >= 0.6 is 0 Å². The number of phenolic OH excluding ortho intramolecular Hbond substituents is 1. The van der Waals surface area contributed by atoms with Crippen LogP contribution in [-0.4, -0.2) is 22.1 Å². The highest BCUT2D eigenvalue weighted by molar-refractivity contribution is 6.06. The zero-order valence-corrected chi connectivity index (χ0v) is 10.4. The Morgan fingerprint density at radius 3 is 2.33 bits per heavy atom. The van der Waals surface area contributed by atoms with Crippen LogP contribution in [-0.2, 0) is 0 Å². The first kappa shape index (κ1) is 14.4. The van der Waals surface area contributed by atoms with Gasteiger partial charge < -0.3 is 15.5 Å². The zero-order valence-electron chi connectivity index (χ0n) is 10.4. The molecule has 1 amide bonds. The molecule has 5 nitrogen and oxygen atoms in total. The Morgan fingerprint density at radius 1 is 1.00 bits per heavy atom. The molecular weight excluding hydrogens is 284 g/mol. The number of aromatic carboxylic acids is 1. The maximum absolute atomic E-state index is 13.5. The molecule has 0 saturated heterocycles. The first-order chi connectivity index (χ1) is 9.88. The number of rotatable bonds is 3. The Bertz CT molecular complexity index is 731. The Balaban J connectivity index is 2.26. The van der Waals surface area contributed by atoms with Crippen LogP contribution in [0.5, 0.6) is 5.75 Å². The van der Waals surface area contributed by atoms with Crippen LogP contribution in [0.2, 0.25) is 0 Å². The average molecular weight is 293 g/mol. The molecule has 0 spiro atoms. The molecule has 0 bridgehead atoms. The van der Waals surface area contributed by atoms with Crippen LogP contribution in [0, 0.1) is 11.6 Å². The van der Waals surface area contributed by atoms with Crippen LogP contribution in [0.15, 0.2) is 36.4 Å². The molecular formula is C14H9F2NO4. The number of nitrogens with one attached hydrogen (secondary N) is 1. The SMILES string of the molecule is O=C(Nc1ccc(C(=O)O)c(F)c1)c1cc(F)ccc1O. The number of carboxylic acids is 1. The Kier molecular flexibility index (Phi) is 3.84. The summed E-state index contributed by atoms with van der Waals surface area (Å²) in [5.74, 6) is -4.46. The summed E-state index contributed by atoms with van der Waals surface area (Å²) >= 11 is 0. The molecule has 3 N–H and O–H groups in total. The lowest BCUT2D eigenvalue weighted by Crippen LogP contribution is -2.13. The van der Waals surface area contributed by atoms with Crippen LogP contribution in [0.3, 0.4) is 0 Å². The second kappa shape index (κ2) is 5.58. The van der Waals surface area contributed by atoms with Crippen molar-refractivity contribution in [3.8, 4) is 5.75 Å². The molecule has 0 aliphatic heterocycles. The number of phenols is 1. The third-order valence-electron chi connectivity index (χ3n) is 2.66. The van der Waals surface area contributed by atoms with Gasteiger partial charge in [-0.3, -0.25) is 4.79 Å². The van der Waals surface area contributed by atoms with E-state index in [9.17, 15) is 23.5 Å². The second-order valence-corrected chi connectivity index (χ2v) is 4.12. The summed E-state index contributed by atoms with van der Waals surface area (Å²) in [4.78, 5) is 22.5. The quantitative estimate of drug-likeness (QED) is 0.812. The van der Waals surface area contributed by atoms with E-state index in [4.69, 9.17) is 5.11 Å². The predicted octanol–water partition coefficient (Wildman–Crippen LogP) is 2.62. The molecule has 21 heavy (non-hydrogen) atoms. The van der Waals surface area contributed by atoms with Crippen molar-refractivity contribution in [1.82, 2.24) is 0 Å². The minimum atomic E-state index is -1.44. The number of anilines is 1. The molecule has 108 valence electrons.